The fourth-order valence-electron chi connectivity index (χ4n) is 1.71. The molecule has 2 aromatic carbocycles. The number of hydrogen-bond acceptors (Lipinski definition) is 1. The minimum absolute atomic E-state index is 0.276. The summed E-state index contributed by atoms with van der Waals surface area (Å²) >= 11 is 5.69. The van der Waals surface area contributed by atoms with Crippen LogP contribution in [0.2, 0.25) is 0 Å². The van der Waals surface area contributed by atoms with Crippen LogP contribution in [0.5, 0.6) is 5.75 Å². The second-order valence-electron chi connectivity index (χ2n) is 4.14. The summed E-state index contributed by atoms with van der Waals surface area (Å²) in [5.41, 5.74) is 2.97. The fraction of sp³-hybridized carbons (Fsp3) is 0.200. The Morgan fingerprint density at radius 3 is 2.67 bits per heavy atom. The fourth-order valence-corrected chi connectivity index (χ4v) is 1.87. The molecule has 0 aliphatic heterocycles. The summed E-state index contributed by atoms with van der Waals surface area (Å²) in [5.74, 6) is 0.459. The monoisotopic (exact) mass is 264 g/mol. The van der Waals surface area contributed by atoms with E-state index in [1.165, 1.54) is 12.1 Å². The first-order chi connectivity index (χ1) is 8.69. The zero-order valence-electron chi connectivity index (χ0n) is 10.1. The van der Waals surface area contributed by atoms with Gasteiger partial charge in [0.05, 0.1) is 0 Å². The van der Waals surface area contributed by atoms with Crippen molar-refractivity contribution in [1.82, 2.24) is 0 Å². The van der Waals surface area contributed by atoms with Gasteiger partial charge in [-0.05, 0) is 35.7 Å². The Kier molecular flexibility index (Phi) is 4.21. The second-order valence-corrected chi connectivity index (χ2v) is 4.41. The van der Waals surface area contributed by atoms with Crippen LogP contribution >= 0.6 is 11.6 Å². The van der Waals surface area contributed by atoms with Gasteiger partial charge in [0, 0.05) is 11.9 Å². The molecule has 1 nitrogen and oxygen atoms in total. The largest absolute Gasteiger partial charge is 0.489 e. The summed E-state index contributed by atoms with van der Waals surface area (Å²) in [7, 11) is 0. The number of hydrogen-bond donors (Lipinski definition) is 0. The van der Waals surface area contributed by atoms with Crippen molar-refractivity contribution in [2.24, 2.45) is 0 Å². The summed E-state index contributed by atoms with van der Waals surface area (Å²) in [6.45, 7) is 2.45. The van der Waals surface area contributed by atoms with Crippen LogP contribution in [0.3, 0.4) is 0 Å². The van der Waals surface area contributed by atoms with E-state index in [0.29, 0.717) is 12.4 Å². The minimum Gasteiger partial charge on any atom is -0.489 e. The van der Waals surface area contributed by atoms with E-state index in [-0.39, 0.29) is 11.7 Å². The average Bonchev–Trinajstić information content (AvgIpc) is 2.37. The molecule has 2 rings (SSSR count). The first-order valence-electron chi connectivity index (χ1n) is 5.72. The molecule has 0 aromatic heterocycles. The highest BCUT2D eigenvalue weighted by molar-refractivity contribution is 6.17. The molecule has 0 unspecified atom stereocenters. The van der Waals surface area contributed by atoms with Crippen molar-refractivity contribution >= 4 is 11.6 Å². The normalized spacial score (nSPS) is 10.4. The number of halogens is 2. The van der Waals surface area contributed by atoms with Gasteiger partial charge < -0.3 is 4.74 Å². The lowest BCUT2D eigenvalue weighted by molar-refractivity contribution is 0.303. The quantitative estimate of drug-likeness (QED) is 0.741. The van der Waals surface area contributed by atoms with Crippen LogP contribution in [0, 0.1) is 12.7 Å². The van der Waals surface area contributed by atoms with Gasteiger partial charge in [-0.25, -0.2) is 4.39 Å². The summed E-state index contributed by atoms with van der Waals surface area (Å²) in [6.07, 6.45) is 0. The maximum atomic E-state index is 13.3. The van der Waals surface area contributed by atoms with E-state index in [0.717, 1.165) is 16.7 Å². The van der Waals surface area contributed by atoms with E-state index in [9.17, 15) is 4.39 Å². The molecule has 94 valence electrons. The molecule has 0 saturated heterocycles. The Labute approximate surface area is 111 Å². The molecule has 0 fully saturated rings. The van der Waals surface area contributed by atoms with Gasteiger partial charge in [-0.3, -0.25) is 0 Å². The van der Waals surface area contributed by atoms with Gasteiger partial charge in [-0.1, -0.05) is 24.3 Å². The van der Waals surface area contributed by atoms with Crippen LogP contribution in [0.15, 0.2) is 42.5 Å². The highest BCUT2D eigenvalue weighted by Crippen LogP contribution is 2.19. The molecule has 0 bridgehead atoms. The van der Waals surface area contributed by atoms with Gasteiger partial charge in [0.2, 0.25) is 0 Å². The van der Waals surface area contributed by atoms with Gasteiger partial charge in [-0.15, -0.1) is 11.6 Å². The van der Waals surface area contributed by atoms with Gasteiger partial charge in [0.1, 0.15) is 18.2 Å². The maximum absolute atomic E-state index is 13.3. The van der Waals surface area contributed by atoms with Gasteiger partial charge in [0.15, 0.2) is 0 Å². The van der Waals surface area contributed by atoms with Crippen LogP contribution in [0.1, 0.15) is 16.7 Å². The van der Waals surface area contributed by atoms with Crippen molar-refractivity contribution in [3.8, 4) is 5.75 Å². The lowest BCUT2D eigenvalue weighted by atomic mass is 10.1. The van der Waals surface area contributed by atoms with Crippen molar-refractivity contribution in [1.29, 1.82) is 0 Å². The Hall–Kier alpha value is -1.54. The predicted molar refractivity (Wildman–Crippen MR) is 71.5 cm³/mol. The van der Waals surface area contributed by atoms with Crippen molar-refractivity contribution in [2.75, 3.05) is 0 Å². The van der Waals surface area contributed by atoms with Crippen LogP contribution in [0.4, 0.5) is 4.39 Å². The van der Waals surface area contributed by atoms with Gasteiger partial charge >= 0.3 is 0 Å². The maximum Gasteiger partial charge on any atom is 0.127 e. The number of alkyl halides is 1. The zero-order chi connectivity index (χ0) is 13.0. The number of rotatable bonds is 4. The van der Waals surface area contributed by atoms with Crippen LogP contribution in [-0.2, 0) is 12.5 Å². The number of benzene rings is 2. The minimum atomic E-state index is -0.326. The molecule has 0 aliphatic rings. The second kappa shape index (κ2) is 5.87. The molecule has 0 amide bonds. The van der Waals surface area contributed by atoms with Crippen molar-refractivity contribution in [3.05, 3.63) is 65.0 Å². The highest BCUT2D eigenvalue weighted by atomic mass is 35.5. The Morgan fingerprint density at radius 1 is 1.17 bits per heavy atom. The van der Waals surface area contributed by atoms with E-state index in [2.05, 4.69) is 0 Å². The Morgan fingerprint density at radius 2 is 1.94 bits per heavy atom. The lowest BCUT2D eigenvalue weighted by Crippen LogP contribution is -1.98. The van der Waals surface area contributed by atoms with Gasteiger partial charge in [-0.2, -0.15) is 0 Å². The van der Waals surface area contributed by atoms with Crippen LogP contribution in [-0.4, -0.2) is 0 Å². The number of aryl methyl sites for hydroxylation is 1. The third-order valence-electron chi connectivity index (χ3n) is 2.74. The average molecular weight is 265 g/mol. The first-order valence-corrected chi connectivity index (χ1v) is 6.25. The molecule has 0 saturated carbocycles. The van der Waals surface area contributed by atoms with Crippen LogP contribution < -0.4 is 4.74 Å². The molecule has 0 spiro atoms. The first kappa shape index (κ1) is 12.9. The van der Waals surface area contributed by atoms with E-state index >= 15 is 0 Å². The molecular formula is C15H14ClFO. The predicted octanol–water partition coefficient (Wildman–Crippen LogP) is 4.45. The summed E-state index contributed by atoms with van der Waals surface area (Å²) < 4.78 is 18.9. The Balaban J connectivity index is 2.11. The SMILES string of the molecule is Cc1ccccc1COc1cc(F)cc(CCl)c1. The van der Waals surface area contributed by atoms with E-state index < -0.39 is 0 Å². The van der Waals surface area contributed by atoms with E-state index in [4.69, 9.17) is 16.3 Å². The molecule has 0 atom stereocenters. The molecule has 18 heavy (non-hydrogen) atoms. The van der Waals surface area contributed by atoms with E-state index in [1.54, 1.807) is 6.07 Å². The van der Waals surface area contributed by atoms with Crippen LogP contribution in [0.25, 0.3) is 0 Å². The smallest absolute Gasteiger partial charge is 0.127 e. The van der Waals surface area contributed by atoms with Gasteiger partial charge in [0.25, 0.3) is 0 Å². The number of ether oxygens (including phenoxy) is 1. The highest BCUT2D eigenvalue weighted by Gasteiger charge is 2.03. The van der Waals surface area contributed by atoms with Crippen molar-refractivity contribution < 1.29 is 9.13 Å². The molecule has 3 heteroatoms. The van der Waals surface area contributed by atoms with Crippen molar-refractivity contribution in [2.45, 2.75) is 19.4 Å². The zero-order valence-corrected chi connectivity index (χ0v) is 10.9. The topological polar surface area (TPSA) is 9.23 Å². The Bertz CT molecular complexity index is 540. The molecular weight excluding hydrogens is 251 g/mol. The third kappa shape index (κ3) is 3.23. The molecule has 0 heterocycles. The lowest BCUT2D eigenvalue weighted by Gasteiger charge is -2.09. The summed E-state index contributed by atoms with van der Waals surface area (Å²) in [4.78, 5) is 0. The molecule has 0 N–H and O–H groups in total. The van der Waals surface area contributed by atoms with E-state index in [1.807, 2.05) is 31.2 Å². The molecule has 0 radical (unpaired) electrons. The third-order valence-corrected chi connectivity index (χ3v) is 3.05. The molecule has 2 aromatic rings. The summed E-state index contributed by atoms with van der Waals surface area (Å²) in [6, 6.07) is 12.5. The molecule has 0 aliphatic carbocycles. The van der Waals surface area contributed by atoms with Crippen molar-refractivity contribution in [3.63, 3.8) is 0 Å². The summed E-state index contributed by atoms with van der Waals surface area (Å²) in [5, 5.41) is 0. The standard InChI is InChI=1S/C15H14ClFO/c1-11-4-2-3-5-13(11)10-18-15-7-12(9-16)6-14(17)8-15/h2-8H,9-10H2,1H3.